The average Bonchev–Trinajstić information content (AvgIpc) is 2.61. The van der Waals surface area contributed by atoms with Crippen LogP contribution in [-0.4, -0.2) is 17.7 Å². The smallest absolute Gasteiger partial charge is 0.231 e. The second-order valence-corrected chi connectivity index (χ2v) is 3.69. The summed E-state index contributed by atoms with van der Waals surface area (Å²) in [7, 11) is 0. The van der Waals surface area contributed by atoms with Crippen molar-refractivity contribution in [2.24, 2.45) is 0 Å². The molecule has 0 atom stereocenters. The molecule has 0 spiro atoms. The molecule has 4 nitrogen and oxygen atoms in total. The normalized spacial score (nSPS) is 12.9. The van der Waals surface area contributed by atoms with E-state index in [1.807, 2.05) is 0 Å². The lowest BCUT2D eigenvalue weighted by atomic mass is 10.1. The molecule has 2 rings (SSSR count). The molecule has 0 aliphatic carbocycles. The lowest BCUT2D eigenvalue weighted by molar-refractivity contribution is -0.116. The van der Waals surface area contributed by atoms with Crippen molar-refractivity contribution < 1.29 is 19.4 Å². The molecule has 1 aliphatic heterocycles. The van der Waals surface area contributed by atoms with Gasteiger partial charge in [0.25, 0.3) is 0 Å². The van der Waals surface area contributed by atoms with Crippen molar-refractivity contribution in [1.29, 1.82) is 0 Å². The third-order valence-electron chi connectivity index (χ3n) is 2.10. The third kappa shape index (κ3) is 1.72. The SMILES string of the molecule is CC(=O)Cc1cc2c(c(Cl)c1O)OCO2. The molecule has 0 fully saturated rings. The van der Waals surface area contributed by atoms with Gasteiger partial charge in [0.2, 0.25) is 6.79 Å². The third-order valence-corrected chi connectivity index (χ3v) is 2.45. The first-order valence-corrected chi connectivity index (χ1v) is 4.76. The maximum Gasteiger partial charge on any atom is 0.231 e. The zero-order valence-corrected chi connectivity index (χ0v) is 8.80. The van der Waals surface area contributed by atoms with Gasteiger partial charge in [0.05, 0.1) is 0 Å². The molecule has 0 saturated heterocycles. The van der Waals surface area contributed by atoms with Crippen LogP contribution in [0.1, 0.15) is 12.5 Å². The number of aromatic hydroxyl groups is 1. The number of carbonyl (C=O) groups excluding carboxylic acids is 1. The van der Waals surface area contributed by atoms with Gasteiger partial charge in [0.1, 0.15) is 16.6 Å². The first-order valence-electron chi connectivity index (χ1n) is 4.39. The first kappa shape index (κ1) is 10.1. The fourth-order valence-corrected chi connectivity index (χ4v) is 1.71. The highest BCUT2D eigenvalue weighted by Gasteiger charge is 2.23. The van der Waals surface area contributed by atoms with Gasteiger partial charge in [0, 0.05) is 12.0 Å². The van der Waals surface area contributed by atoms with E-state index < -0.39 is 0 Å². The van der Waals surface area contributed by atoms with E-state index in [0.29, 0.717) is 17.1 Å². The molecule has 0 saturated carbocycles. The summed E-state index contributed by atoms with van der Waals surface area (Å²) >= 11 is 5.86. The van der Waals surface area contributed by atoms with Crippen molar-refractivity contribution >= 4 is 17.4 Å². The van der Waals surface area contributed by atoms with Gasteiger partial charge < -0.3 is 14.6 Å². The number of fused-ring (bicyclic) bond motifs is 1. The van der Waals surface area contributed by atoms with Gasteiger partial charge in [-0.05, 0) is 13.0 Å². The fourth-order valence-electron chi connectivity index (χ4n) is 1.45. The number of ether oxygens (including phenoxy) is 2. The van der Waals surface area contributed by atoms with E-state index >= 15 is 0 Å². The molecule has 1 N–H and O–H groups in total. The Morgan fingerprint density at radius 2 is 2.33 bits per heavy atom. The molecule has 1 heterocycles. The molecular weight excluding hydrogens is 220 g/mol. The summed E-state index contributed by atoms with van der Waals surface area (Å²) in [5.74, 6) is 0.631. The van der Waals surface area contributed by atoms with Crippen molar-refractivity contribution in [3.05, 3.63) is 16.7 Å². The van der Waals surface area contributed by atoms with Crippen LogP contribution in [0.5, 0.6) is 17.2 Å². The average molecular weight is 229 g/mol. The summed E-state index contributed by atoms with van der Waals surface area (Å²) < 4.78 is 10.2. The highest BCUT2D eigenvalue weighted by Crippen LogP contribution is 2.46. The highest BCUT2D eigenvalue weighted by atomic mass is 35.5. The molecule has 5 heteroatoms. The van der Waals surface area contributed by atoms with Crippen LogP contribution in [0.25, 0.3) is 0 Å². The van der Waals surface area contributed by atoms with E-state index in [1.54, 1.807) is 6.07 Å². The van der Waals surface area contributed by atoms with E-state index in [-0.39, 0.29) is 29.8 Å². The number of hydrogen-bond donors (Lipinski definition) is 1. The van der Waals surface area contributed by atoms with E-state index in [0.717, 1.165) is 0 Å². The van der Waals surface area contributed by atoms with Gasteiger partial charge in [-0.2, -0.15) is 0 Å². The molecule has 1 aromatic carbocycles. The number of rotatable bonds is 2. The van der Waals surface area contributed by atoms with Crippen LogP contribution < -0.4 is 9.47 Å². The number of halogens is 1. The van der Waals surface area contributed by atoms with Crippen molar-refractivity contribution in [3.8, 4) is 17.2 Å². The Morgan fingerprint density at radius 1 is 1.60 bits per heavy atom. The number of Topliss-reactive ketones (excluding diaryl/α,β-unsaturated/α-hetero) is 1. The fraction of sp³-hybridized carbons (Fsp3) is 0.300. The zero-order chi connectivity index (χ0) is 11.0. The minimum atomic E-state index is -0.115. The number of phenols is 1. The topological polar surface area (TPSA) is 55.8 Å². The van der Waals surface area contributed by atoms with Crippen molar-refractivity contribution in [1.82, 2.24) is 0 Å². The van der Waals surface area contributed by atoms with Gasteiger partial charge in [0.15, 0.2) is 11.5 Å². The van der Waals surface area contributed by atoms with Crippen LogP contribution >= 0.6 is 11.6 Å². The molecular formula is C10H9ClO4. The molecule has 0 bridgehead atoms. The minimum absolute atomic E-state index is 0.0553. The van der Waals surface area contributed by atoms with Gasteiger partial charge >= 0.3 is 0 Å². The molecule has 0 amide bonds. The monoisotopic (exact) mass is 228 g/mol. The van der Waals surface area contributed by atoms with Crippen molar-refractivity contribution in [2.45, 2.75) is 13.3 Å². The molecule has 0 radical (unpaired) electrons. The quantitative estimate of drug-likeness (QED) is 0.840. The number of benzene rings is 1. The van der Waals surface area contributed by atoms with Gasteiger partial charge in [-0.1, -0.05) is 11.6 Å². The Bertz CT molecular complexity index is 428. The Hall–Kier alpha value is -1.42. The van der Waals surface area contributed by atoms with E-state index in [1.165, 1.54) is 6.92 Å². The number of carbonyl (C=O) groups is 1. The molecule has 1 aromatic rings. The van der Waals surface area contributed by atoms with Crippen LogP contribution in [0.2, 0.25) is 5.02 Å². The minimum Gasteiger partial charge on any atom is -0.506 e. The van der Waals surface area contributed by atoms with Gasteiger partial charge in [-0.3, -0.25) is 4.79 Å². The highest BCUT2D eigenvalue weighted by molar-refractivity contribution is 6.34. The maximum atomic E-state index is 11.0. The number of ketones is 1. The second-order valence-electron chi connectivity index (χ2n) is 3.31. The predicted octanol–water partition coefficient (Wildman–Crippen LogP) is 1.91. The summed E-state index contributed by atoms with van der Waals surface area (Å²) in [5, 5.41) is 9.79. The van der Waals surface area contributed by atoms with Crippen LogP contribution in [0.3, 0.4) is 0 Å². The lowest BCUT2D eigenvalue weighted by Gasteiger charge is -2.07. The largest absolute Gasteiger partial charge is 0.506 e. The Labute approximate surface area is 91.4 Å². The van der Waals surface area contributed by atoms with Crippen LogP contribution in [0, 0.1) is 0 Å². The molecule has 15 heavy (non-hydrogen) atoms. The summed E-state index contributed by atoms with van der Waals surface area (Å²) in [6, 6.07) is 1.57. The van der Waals surface area contributed by atoms with Gasteiger partial charge in [-0.15, -0.1) is 0 Å². The molecule has 1 aliphatic rings. The van der Waals surface area contributed by atoms with E-state index in [4.69, 9.17) is 21.1 Å². The van der Waals surface area contributed by atoms with Crippen LogP contribution in [0.15, 0.2) is 6.07 Å². The second kappa shape index (κ2) is 3.62. The van der Waals surface area contributed by atoms with Crippen molar-refractivity contribution in [3.63, 3.8) is 0 Å². The number of phenolic OH excluding ortho intramolecular Hbond substituents is 1. The number of hydrogen-bond acceptors (Lipinski definition) is 4. The first-order chi connectivity index (χ1) is 7.09. The van der Waals surface area contributed by atoms with Gasteiger partial charge in [-0.25, -0.2) is 0 Å². The Kier molecular flexibility index (Phi) is 2.44. The van der Waals surface area contributed by atoms with E-state index in [2.05, 4.69) is 0 Å². The van der Waals surface area contributed by atoms with Crippen LogP contribution in [-0.2, 0) is 11.2 Å². The molecule has 80 valence electrons. The zero-order valence-electron chi connectivity index (χ0n) is 8.04. The van der Waals surface area contributed by atoms with Crippen LogP contribution in [0.4, 0.5) is 0 Å². The van der Waals surface area contributed by atoms with Crippen molar-refractivity contribution in [2.75, 3.05) is 6.79 Å². The van der Waals surface area contributed by atoms with E-state index in [9.17, 15) is 9.90 Å². The summed E-state index contributed by atoms with van der Waals surface area (Å²) in [4.78, 5) is 11.0. The summed E-state index contributed by atoms with van der Waals surface area (Å²) in [6.45, 7) is 1.52. The Morgan fingerprint density at radius 3 is 3.00 bits per heavy atom. The standard InChI is InChI=1S/C10H9ClO4/c1-5(12)2-6-3-7-10(15-4-14-7)8(11)9(6)13/h3,13H,2,4H2,1H3. The maximum absolute atomic E-state index is 11.0. The Balaban J connectivity index is 2.49. The lowest BCUT2D eigenvalue weighted by Crippen LogP contribution is -1.97. The summed E-state index contributed by atoms with van der Waals surface area (Å²) in [6.07, 6.45) is 0.127. The molecule has 0 aromatic heterocycles. The predicted molar refractivity (Wildman–Crippen MR) is 53.6 cm³/mol. The summed E-state index contributed by atoms with van der Waals surface area (Å²) in [5.41, 5.74) is 0.455. The molecule has 0 unspecified atom stereocenters.